The number of nitrogens with one attached hydrogen (secondary N) is 2. The molecule has 27 heavy (non-hydrogen) atoms. The van der Waals surface area contributed by atoms with Gasteiger partial charge >= 0.3 is 0 Å². The number of nitrogens with zero attached hydrogens (tertiary/aromatic N) is 2. The van der Waals surface area contributed by atoms with Crippen LogP contribution in [0.1, 0.15) is 39.0 Å². The molecule has 1 aromatic carbocycles. The standard InChI is InChI=1S/C18H28N4O4S/c1-2-20-12-8-15(9-13-20)19-17-7-6-16(14-18(17)22(23)24)27(25,26)21-10-4-3-5-11-21/h6-7,14-15,19H,2-5,8-13H2,1H3/p+1. The molecule has 0 amide bonds. The Hall–Kier alpha value is -1.71. The minimum Gasteiger partial charge on any atom is -0.376 e. The molecule has 9 heteroatoms. The summed E-state index contributed by atoms with van der Waals surface area (Å²) >= 11 is 0. The number of nitro benzene ring substituents is 1. The molecule has 0 bridgehead atoms. The first-order valence-corrected chi connectivity index (χ1v) is 11.2. The number of likely N-dealkylation sites (tertiary alicyclic amines) is 1. The van der Waals surface area contributed by atoms with Crippen LogP contribution in [0.2, 0.25) is 0 Å². The molecule has 150 valence electrons. The van der Waals surface area contributed by atoms with Crippen LogP contribution < -0.4 is 10.2 Å². The normalized spacial score (nSPS) is 24.5. The molecule has 2 N–H and O–H groups in total. The highest BCUT2D eigenvalue weighted by Crippen LogP contribution is 2.31. The Bertz CT molecular complexity index is 770. The summed E-state index contributed by atoms with van der Waals surface area (Å²) in [6.45, 7) is 6.31. The minimum absolute atomic E-state index is 0.00639. The van der Waals surface area contributed by atoms with Crippen molar-refractivity contribution in [2.75, 3.05) is 38.0 Å². The van der Waals surface area contributed by atoms with Crippen LogP contribution in [-0.4, -0.2) is 56.4 Å². The number of piperidine rings is 2. The number of hydrogen-bond donors (Lipinski definition) is 2. The first-order chi connectivity index (χ1) is 12.9. The molecular weight excluding hydrogens is 368 g/mol. The summed E-state index contributed by atoms with van der Waals surface area (Å²) in [5.74, 6) is 0. The molecular formula is C18H29N4O4S+. The molecule has 0 aliphatic carbocycles. The van der Waals surface area contributed by atoms with Crippen molar-refractivity contribution in [1.82, 2.24) is 4.31 Å². The number of nitro groups is 1. The van der Waals surface area contributed by atoms with Crippen LogP contribution in [0.4, 0.5) is 11.4 Å². The molecule has 8 nitrogen and oxygen atoms in total. The fourth-order valence-corrected chi connectivity index (χ4v) is 5.48. The molecule has 0 atom stereocenters. The van der Waals surface area contributed by atoms with E-state index >= 15 is 0 Å². The molecule has 0 saturated carbocycles. The lowest BCUT2D eigenvalue weighted by molar-refractivity contribution is -0.903. The second kappa shape index (κ2) is 8.53. The summed E-state index contributed by atoms with van der Waals surface area (Å²) < 4.78 is 27.1. The predicted molar refractivity (Wildman–Crippen MR) is 104 cm³/mol. The van der Waals surface area contributed by atoms with E-state index < -0.39 is 14.9 Å². The molecule has 2 fully saturated rings. The molecule has 2 heterocycles. The third-order valence-corrected chi connectivity index (χ3v) is 7.57. The zero-order valence-electron chi connectivity index (χ0n) is 15.8. The van der Waals surface area contributed by atoms with Gasteiger partial charge in [-0.3, -0.25) is 10.1 Å². The van der Waals surface area contributed by atoms with Gasteiger partial charge in [0.15, 0.2) is 0 Å². The van der Waals surface area contributed by atoms with E-state index in [0.717, 1.165) is 51.7 Å². The molecule has 0 spiro atoms. The lowest BCUT2D eigenvalue weighted by Crippen LogP contribution is -3.13. The summed E-state index contributed by atoms with van der Waals surface area (Å²) in [6, 6.07) is 4.43. The van der Waals surface area contributed by atoms with Crippen LogP contribution in [0.3, 0.4) is 0 Å². The number of rotatable bonds is 6. The molecule has 0 radical (unpaired) electrons. The fraction of sp³-hybridized carbons (Fsp3) is 0.667. The van der Waals surface area contributed by atoms with Crippen LogP contribution >= 0.6 is 0 Å². The van der Waals surface area contributed by atoms with E-state index in [1.807, 2.05) is 0 Å². The van der Waals surface area contributed by atoms with Crippen molar-refractivity contribution < 1.29 is 18.2 Å². The van der Waals surface area contributed by atoms with Gasteiger partial charge in [-0.25, -0.2) is 8.42 Å². The second-order valence-corrected chi connectivity index (χ2v) is 9.36. The van der Waals surface area contributed by atoms with Crippen LogP contribution in [0, 0.1) is 10.1 Å². The van der Waals surface area contributed by atoms with E-state index in [4.69, 9.17) is 0 Å². The fourth-order valence-electron chi connectivity index (χ4n) is 3.94. The maximum Gasteiger partial charge on any atom is 0.293 e. The Morgan fingerprint density at radius 1 is 1.22 bits per heavy atom. The SMILES string of the molecule is CC[NH+]1CCC(Nc2ccc(S(=O)(=O)N3CCCCC3)cc2[N+](=O)[O-])CC1. The van der Waals surface area contributed by atoms with Crippen LogP contribution in [0.25, 0.3) is 0 Å². The largest absolute Gasteiger partial charge is 0.376 e. The second-order valence-electron chi connectivity index (χ2n) is 7.42. The van der Waals surface area contributed by atoms with Gasteiger partial charge in [-0.15, -0.1) is 0 Å². The molecule has 3 rings (SSSR count). The topological polar surface area (TPSA) is 97.0 Å². The average molecular weight is 398 g/mol. The van der Waals surface area contributed by atoms with Crippen LogP contribution in [0.5, 0.6) is 0 Å². The summed E-state index contributed by atoms with van der Waals surface area (Å²) in [7, 11) is -3.68. The quantitative estimate of drug-likeness (QED) is 0.556. The van der Waals surface area contributed by atoms with E-state index in [-0.39, 0.29) is 16.6 Å². The van der Waals surface area contributed by atoms with E-state index in [0.29, 0.717) is 18.8 Å². The first kappa shape index (κ1) is 20.0. The van der Waals surface area contributed by atoms with Crippen LogP contribution in [-0.2, 0) is 10.0 Å². The molecule has 2 aliphatic heterocycles. The van der Waals surface area contributed by atoms with E-state index in [1.165, 1.54) is 16.4 Å². The van der Waals surface area contributed by atoms with Gasteiger partial charge in [-0.1, -0.05) is 6.42 Å². The van der Waals surface area contributed by atoms with Crippen molar-refractivity contribution in [1.29, 1.82) is 0 Å². The Labute approximate surface area is 160 Å². The zero-order valence-corrected chi connectivity index (χ0v) is 16.6. The Morgan fingerprint density at radius 3 is 2.48 bits per heavy atom. The van der Waals surface area contributed by atoms with Gasteiger partial charge < -0.3 is 10.2 Å². The Balaban J connectivity index is 1.80. The molecule has 1 aromatic rings. The smallest absolute Gasteiger partial charge is 0.293 e. The molecule has 0 unspecified atom stereocenters. The Kier molecular flexibility index (Phi) is 6.33. The monoisotopic (exact) mass is 397 g/mol. The highest BCUT2D eigenvalue weighted by Gasteiger charge is 2.29. The number of anilines is 1. The lowest BCUT2D eigenvalue weighted by Gasteiger charge is -2.29. The maximum atomic E-state index is 12.8. The third-order valence-electron chi connectivity index (χ3n) is 5.67. The summed E-state index contributed by atoms with van der Waals surface area (Å²) in [5.41, 5.74) is 0.237. The van der Waals surface area contributed by atoms with Gasteiger partial charge in [0.1, 0.15) is 5.69 Å². The lowest BCUT2D eigenvalue weighted by atomic mass is 10.0. The number of benzene rings is 1. The van der Waals surface area contributed by atoms with E-state index in [9.17, 15) is 18.5 Å². The van der Waals surface area contributed by atoms with Crippen molar-refractivity contribution in [2.24, 2.45) is 0 Å². The highest BCUT2D eigenvalue weighted by molar-refractivity contribution is 7.89. The van der Waals surface area contributed by atoms with Crippen LogP contribution in [0.15, 0.2) is 23.1 Å². The number of sulfonamides is 1. The summed E-state index contributed by atoms with van der Waals surface area (Å²) in [5, 5.41) is 14.8. The van der Waals surface area contributed by atoms with Gasteiger partial charge in [-0.2, -0.15) is 4.31 Å². The van der Waals surface area contributed by atoms with E-state index in [1.54, 1.807) is 11.0 Å². The van der Waals surface area contributed by atoms with Gasteiger partial charge in [0.05, 0.1) is 29.5 Å². The predicted octanol–water partition coefficient (Wildman–Crippen LogP) is 1.25. The zero-order chi connectivity index (χ0) is 19.4. The van der Waals surface area contributed by atoms with Gasteiger partial charge in [0.2, 0.25) is 10.0 Å². The minimum atomic E-state index is -3.68. The van der Waals surface area contributed by atoms with Crippen molar-refractivity contribution in [3.8, 4) is 0 Å². The highest BCUT2D eigenvalue weighted by atomic mass is 32.2. The van der Waals surface area contributed by atoms with Crippen molar-refractivity contribution in [3.05, 3.63) is 28.3 Å². The van der Waals surface area contributed by atoms with Crippen molar-refractivity contribution in [2.45, 2.75) is 50.0 Å². The van der Waals surface area contributed by atoms with Crippen molar-refractivity contribution in [3.63, 3.8) is 0 Å². The van der Waals surface area contributed by atoms with Gasteiger partial charge in [-0.05, 0) is 31.9 Å². The number of hydrogen-bond acceptors (Lipinski definition) is 5. The summed E-state index contributed by atoms with van der Waals surface area (Å²) in [6.07, 6.45) is 4.59. The number of quaternary nitrogens is 1. The van der Waals surface area contributed by atoms with Gasteiger partial charge in [0, 0.05) is 38.0 Å². The molecule has 2 aliphatic rings. The maximum absolute atomic E-state index is 12.8. The first-order valence-electron chi connectivity index (χ1n) is 9.80. The molecule has 0 aromatic heterocycles. The third kappa shape index (κ3) is 4.59. The Morgan fingerprint density at radius 2 is 1.89 bits per heavy atom. The van der Waals surface area contributed by atoms with E-state index in [2.05, 4.69) is 12.2 Å². The van der Waals surface area contributed by atoms with Gasteiger partial charge in [0.25, 0.3) is 5.69 Å². The van der Waals surface area contributed by atoms with Crippen molar-refractivity contribution >= 4 is 21.4 Å². The molecule has 2 saturated heterocycles. The average Bonchev–Trinajstić information content (AvgIpc) is 2.69. The summed E-state index contributed by atoms with van der Waals surface area (Å²) in [4.78, 5) is 12.6.